The van der Waals surface area contributed by atoms with Crippen LogP contribution in [0.15, 0.2) is 47.1 Å². The summed E-state index contributed by atoms with van der Waals surface area (Å²) in [5.74, 6) is 1.25. The predicted octanol–water partition coefficient (Wildman–Crippen LogP) is 1.46. The summed E-state index contributed by atoms with van der Waals surface area (Å²) in [5.41, 5.74) is 3.47. The van der Waals surface area contributed by atoms with Gasteiger partial charge in [-0.25, -0.2) is 4.79 Å². The summed E-state index contributed by atoms with van der Waals surface area (Å²) in [4.78, 5) is 18.6. The van der Waals surface area contributed by atoms with Gasteiger partial charge < -0.3 is 48.1 Å². The molecule has 0 fully saturated rings. The number of aliphatic hydroxyl groups excluding tert-OH is 1. The van der Waals surface area contributed by atoms with Crippen molar-refractivity contribution in [1.82, 2.24) is 9.88 Å². The molecule has 1 aliphatic heterocycles. The molecule has 1 aromatic carbocycles. The number of rotatable bonds is 7. The number of carbonyl (C=O) groups excluding carboxylic acids is 1. The summed E-state index contributed by atoms with van der Waals surface area (Å²) in [7, 11) is 1.62. The van der Waals surface area contributed by atoms with Crippen LogP contribution in [0.4, 0.5) is 10.6 Å². The Balaban J connectivity index is 0.00000127. The molecule has 2 aromatic rings. The Morgan fingerprint density at radius 1 is 1.35 bits per heavy atom. The van der Waals surface area contributed by atoms with Gasteiger partial charge in [0.05, 0.1) is 7.11 Å². The summed E-state index contributed by atoms with van der Waals surface area (Å²) in [6, 6.07) is 9.32. The van der Waals surface area contributed by atoms with Gasteiger partial charge >= 0.3 is 25.0 Å². The van der Waals surface area contributed by atoms with Crippen LogP contribution in [0.25, 0.3) is 5.70 Å². The van der Waals surface area contributed by atoms with Crippen LogP contribution in [0.3, 0.4) is 0 Å². The number of benzene rings is 1. The van der Waals surface area contributed by atoms with Crippen LogP contribution in [0.5, 0.6) is 5.75 Å². The molecule has 37 heavy (non-hydrogen) atoms. The third-order valence-electron chi connectivity index (χ3n) is 4.94. The number of anilines is 1. The molecular weight excluding hydrogens is 465 g/mol. The molecule has 3 rings (SSSR count). The summed E-state index contributed by atoms with van der Waals surface area (Å²) in [6.07, 6.45) is 4.70. The fourth-order valence-electron chi connectivity index (χ4n) is 3.34. The van der Waals surface area contributed by atoms with Crippen LogP contribution in [0.2, 0.25) is 0 Å². The number of hydrogen-bond donors (Lipinski definition) is 2. The Morgan fingerprint density at radius 3 is 2.65 bits per heavy atom. The average Bonchev–Trinajstić information content (AvgIpc) is 2.85. The number of pyridine rings is 1. The number of ether oxygens (including phenoxy) is 2. The maximum absolute atomic E-state index is 12.5. The van der Waals surface area contributed by atoms with Gasteiger partial charge in [-0.05, 0) is 56.5 Å². The molecule has 0 aliphatic carbocycles. The molecule has 1 aromatic heterocycles. The van der Waals surface area contributed by atoms with Crippen molar-refractivity contribution in [3.63, 3.8) is 0 Å². The first-order valence-corrected chi connectivity index (χ1v) is 11.5. The number of carbonyl (C=O) groups is 1. The first kappa shape index (κ1) is 31.9. The Labute approximate surface area is 231 Å². The summed E-state index contributed by atoms with van der Waals surface area (Å²) < 4.78 is 11.1. The largest absolute Gasteiger partial charge is 1.00 e. The molecule has 1 amide bonds. The number of methoxy groups -OCH3 is 1. The van der Waals surface area contributed by atoms with Crippen molar-refractivity contribution < 1.29 is 38.2 Å². The molecule has 0 spiro atoms. The maximum atomic E-state index is 12.5. The van der Waals surface area contributed by atoms with Gasteiger partial charge in [0.1, 0.15) is 17.2 Å². The molecule has 0 saturated heterocycles. The van der Waals surface area contributed by atoms with Gasteiger partial charge in [-0.2, -0.15) is 13.0 Å². The molecular formula is C27H34LiN5O4-2. The Kier molecular flexibility index (Phi) is 13.1. The second kappa shape index (κ2) is 15.2. The zero-order chi connectivity index (χ0) is 26.7. The zero-order valence-corrected chi connectivity index (χ0v) is 22.5. The number of nitrogens with one attached hydrogen (secondary N) is 1. The molecule has 0 bridgehead atoms. The first-order chi connectivity index (χ1) is 17.1. The van der Waals surface area contributed by atoms with E-state index < -0.39 is 5.60 Å². The van der Waals surface area contributed by atoms with Crippen LogP contribution in [0, 0.1) is 6.42 Å². The third kappa shape index (κ3) is 10.0. The molecule has 0 saturated carbocycles. The molecule has 10 heteroatoms. The minimum absolute atomic E-state index is 0. The van der Waals surface area contributed by atoms with Crippen molar-refractivity contribution in [3.8, 4) is 5.75 Å². The van der Waals surface area contributed by atoms with Gasteiger partial charge in [-0.1, -0.05) is 25.1 Å². The average molecular weight is 500 g/mol. The van der Waals surface area contributed by atoms with Gasteiger partial charge in [-0.15, -0.1) is 6.07 Å². The van der Waals surface area contributed by atoms with Gasteiger partial charge in [0.25, 0.3) is 0 Å². The number of amides is 1. The van der Waals surface area contributed by atoms with E-state index in [2.05, 4.69) is 33.3 Å². The molecule has 9 nitrogen and oxygen atoms in total. The van der Waals surface area contributed by atoms with E-state index in [1.807, 2.05) is 32.9 Å². The van der Waals surface area contributed by atoms with Crippen molar-refractivity contribution >= 4 is 30.5 Å². The van der Waals surface area contributed by atoms with E-state index in [1.165, 1.54) is 0 Å². The van der Waals surface area contributed by atoms with E-state index in [0.717, 1.165) is 23.1 Å². The predicted molar refractivity (Wildman–Crippen MR) is 142 cm³/mol. The van der Waals surface area contributed by atoms with Crippen LogP contribution in [-0.4, -0.2) is 59.9 Å². The van der Waals surface area contributed by atoms with E-state index in [4.69, 9.17) is 21.3 Å². The Bertz CT molecular complexity index is 1100. The third-order valence-corrected chi connectivity index (χ3v) is 4.94. The summed E-state index contributed by atoms with van der Waals surface area (Å²) >= 11 is 0. The van der Waals surface area contributed by atoms with Crippen LogP contribution >= 0.6 is 0 Å². The smallest absolute Gasteiger partial charge is 0.496 e. The molecule has 2 heterocycles. The number of aliphatic hydroxyl groups is 1. The van der Waals surface area contributed by atoms with E-state index in [9.17, 15) is 4.79 Å². The van der Waals surface area contributed by atoms with E-state index in [-0.39, 0.29) is 31.6 Å². The van der Waals surface area contributed by atoms with Gasteiger partial charge in [0, 0.05) is 24.4 Å². The van der Waals surface area contributed by atoms with Crippen LogP contribution in [0.1, 0.15) is 50.1 Å². The van der Waals surface area contributed by atoms with E-state index >= 15 is 0 Å². The van der Waals surface area contributed by atoms with Crippen LogP contribution < -0.4 is 28.9 Å². The van der Waals surface area contributed by atoms with Crippen molar-refractivity contribution in [2.24, 2.45) is 10.2 Å². The fraction of sp³-hybridized carbons (Fsp3) is 0.370. The minimum Gasteiger partial charge on any atom is -0.496 e. The minimum atomic E-state index is -0.539. The second-order valence-electron chi connectivity index (χ2n) is 8.90. The SMILES string of the molecule is C[CH-]CO.[CH-]=NN=[C-]c1cccc(NC(=C)c2cc3c(cc2OC)CCN(C(=O)OC(C)(C)C)C3)n1.[Li+]. The van der Waals surface area contributed by atoms with E-state index in [0.29, 0.717) is 36.0 Å². The van der Waals surface area contributed by atoms with Crippen molar-refractivity contribution in [2.45, 2.75) is 46.3 Å². The molecule has 0 radical (unpaired) electrons. The molecule has 1 aliphatic rings. The van der Waals surface area contributed by atoms with Crippen LogP contribution in [-0.2, 0) is 17.7 Å². The van der Waals surface area contributed by atoms with Gasteiger partial charge in [-0.3, -0.25) is 4.98 Å². The number of fused-ring (bicyclic) bond motifs is 1. The first-order valence-electron chi connectivity index (χ1n) is 11.5. The Morgan fingerprint density at radius 2 is 2.05 bits per heavy atom. The van der Waals surface area contributed by atoms with Crippen molar-refractivity contribution in [1.29, 1.82) is 0 Å². The second-order valence-corrected chi connectivity index (χ2v) is 8.90. The topological polar surface area (TPSA) is 109 Å². The maximum Gasteiger partial charge on any atom is 1.00 e. The quantitative estimate of drug-likeness (QED) is 0.259. The zero-order valence-electron chi connectivity index (χ0n) is 22.5. The Hall–Kier alpha value is -3.12. The molecule has 194 valence electrons. The number of nitrogens with zero attached hydrogens (tertiary/aromatic N) is 4. The van der Waals surface area contributed by atoms with Gasteiger partial charge in [0.2, 0.25) is 0 Å². The van der Waals surface area contributed by atoms with E-state index in [1.54, 1.807) is 43.6 Å². The fourth-order valence-corrected chi connectivity index (χ4v) is 3.34. The van der Waals surface area contributed by atoms with Gasteiger partial charge in [0.15, 0.2) is 0 Å². The number of hydrogen-bond acceptors (Lipinski definition) is 8. The van der Waals surface area contributed by atoms with Crippen molar-refractivity contribution in [2.75, 3.05) is 25.6 Å². The monoisotopic (exact) mass is 499 g/mol. The summed E-state index contributed by atoms with van der Waals surface area (Å²) in [6.45, 7) is 17.8. The molecule has 0 unspecified atom stereocenters. The van der Waals surface area contributed by atoms with Crippen molar-refractivity contribution in [3.05, 3.63) is 65.7 Å². The normalized spacial score (nSPS) is 12.4. The number of aromatic nitrogens is 1. The summed E-state index contributed by atoms with van der Waals surface area (Å²) in [5, 5.41) is 17.7. The molecule has 2 N–H and O–H groups in total. The molecule has 0 atom stereocenters. The standard InChI is InChI=1S/C24H27N5O3.C3H7O.Li/c1-16(27-22-9-7-8-19(28-22)14-26-25-5)20-12-18-15-29(23(30)32-24(2,3)4)11-10-17(18)13-21(20)31-6;1-2-3-4;/h5,7-9,12-13H,1,10-11,15H2,2-4,6H3,(H,27,28);2,4H,3H2,1H3;/q-2;-1;+1.